The lowest BCUT2D eigenvalue weighted by molar-refractivity contribution is 1.18. The van der Waals surface area contributed by atoms with Crippen LogP contribution in [0.2, 0.25) is 0 Å². The summed E-state index contributed by atoms with van der Waals surface area (Å²) in [7, 11) is 0. The first-order valence-electron chi connectivity index (χ1n) is 15.8. The van der Waals surface area contributed by atoms with Crippen LogP contribution in [-0.4, -0.2) is 4.57 Å². The number of benzene rings is 8. The van der Waals surface area contributed by atoms with Crippen molar-refractivity contribution in [2.45, 2.75) is 9.79 Å². The molecule has 214 valence electrons. The molecule has 0 fully saturated rings. The zero-order chi connectivity index (χ0) is 30.2. The molecule has 1 aliphatic rings. The molecule has 10 rings (SSSR count). The van der Waals surface area contributed by atoms with Gasteiger partial charge in [-0.2, -0.15) is 0 Å². The Balaban J connectivity index is 1.12. The normalized spacial score (nSPS) is 12.3. The van der Waals surface area contributed by atoms with Gasteiger partial charge in [0.15, 0.2) is 0 Å². The van der Waals surface area contributed by atoms with Crippen molar-refractivity contribution in [1.82, 2.24) is 4.57 Å². The fourth-order valence-corrected chi connectivity index (χ4v) is 8.56. The van der Waals surface area contributed by atoms with Crippen molar-refractivity contribution in [2.24, 2.45) is 0 Å². The van der Waals surface area contributed by atoms with Crippen LogP contribution < -0.4 is 0 Å². The highest BCUT2D eigenvalue weighted by molar-refractivity contribution is 7.99. The van der Waals surface area contributed by atoms with E-state index in [4.69, 9.17) is 0 Å². The zero-order valence-electron chi connectivity index (χ0n) is 24.9. The molecule has 0 spiro atoms. The monoisotopic (exact) mass is 601 g/mol. The van der Waals surface area contributed by atoms with Gasteiger partial charge in [-0.25, -0.2) is 0 Å². The van der Waals surface area contributed by atoms with Crippen molar-refractivity contribution < 1.29 is 0 Å². The van der Waals surface area contributed by atoms with Crippen LogP contribution in [0.4, 0.5) is 0 Å². The Bertz CT molecular complexity index is 2640. The maximum Gasteiger partial charge on any atom is 0.0547 e. The average molecular weight is 602 g/mol. The van der Waals surface area contributed by atoms with E-state index in [-0.39, 0.29) is 0 Å². The molecular weight excluding hydrogens is 575 g/mol. The molecule has 1 nitrogen and oxygen atoms in total. The summed E-state index contributed by atoms with van der Waals surface area (Å²) in [4.78, 5) is 2.66. The number of hydrogen-bond donors (Lipinski definition) is 0. The van der Waals surface area contributed by atoms with Crippen molar-refractivity contribution in [3.8, 4) is 39.1 Å². The Morgan fingerprint density at radius 3 is 1.89 bits per heavy atom. The van der Waals surface area contributed by atoms with Crippen LogP contribution >= 0.6 is 11.8 Å². The topological polar surface area (TPSA) is 4.93 Å². The summed E-state index contributed by atoms with van der Waals surface area (Å²) in [5.41, 5.74) is 11.2. The van der Waals surface area contributed by atoms with Crippen molar-refractivity contribution in [2.75, 3.05) is 0 Å². The third-order valence-corrected chi connectivity index (χ3v) is 10.7. The number of aromatic nitrogens is 1. The smallest absolute Gasteiger partial charge is 0.0547 e. The molecule has 2 heterocycles. The van der Waals surface area contributed by atoms with E-state index >= 15 is 0 Å². The fourth-order valence-electron chi connectivity index (χ4n) is 7.43. The van der Waals surface area contributed by atoms with E-state index in [1.54, 1.807) is 0 Å². The SMILES string of the molecule is c1ccc(-n2c3cc4ccccc4cc3c3c(-c4ccc(-c5ccc6c(c5)-c5cccc7cccc(c57)S6)cc4)cccc32)cc1. The van der Waals surface area contributed by atoms with Crippen molar-refractivity contribution in [3.05, 3.63) is 164 Å². The summed E-state index contributed by atoms with van der Waals surface area (Å²) < 4.78 is 2.42. The van der Waals surface area contributed by atoms with Gasteiger partial charge in [-0.1, -0.05) is 127 Å². The molecule has 0 radical (unpaired) electrons. The van der Waals surface area contributed by atoms with Gasteiger partial charge in [0, 0.05) is 31.6 Å². The van der Waals surface area contributed by atoms with Gasteiger partial charge >= 0.3 is 0 Å². The molecule has 8 aromatic carbocycles. The van der Waals surface area contributed by atoms with Crippen molar-refractivity contribution in [1.29, 1.82) is 0 Å². The molecule has 0 amide bonds. The van der Waals surface area contributed by atoms with Gasteiger partial charge in [-0.15, -0.1) is 0 Å². The lowest BCUT2D eigenvalue weighted by atomic mass is 9.93. The third-order valence-electron chi connectivity index (χ3n) is 9.56. The second kappa shape index (κ2) is 9.97. The minimum Gasteiger partial charge on any atom is -0.309 e. The van der Waals surface area contributed by atoms with E-state index in [1.807, 2.05) is 11.8 Å². The molecule has 2 heteroatoms. The highest BCUT2D eigenvalue weighted by Gasteiger charge is 2.20. The van der Waals surface area contributed by atoms with Crippen LogP contribution in [0, 0.1) is 0 Å². The molecule has 0 bridgehead atoms. The van der Waals surface area contributed by atoms with Crippen LogP contribution in [0.5, 0.6) is 0 Å². The molecule has 9 aromatic rings. The van der Waals surface area contributed by atoms with Crippen molar-refractivity contribution in [3.63, 3.8) is 0 Å². The quantitative estimate of drug-likeness (QED) is 0.195. The molecule has 0 N–H and O–H groups in total. The lowest BCUT2D eigenvalue weighted by Crippen LogP contribution is -1.93. The summed E-state index contributed by atoms with van der Waals surface area (Å²) in [6.07, 6.45) is 0. The van der Waals surface area contributed by atoms with Gasteiger partial charge in [-0.3, -0.25) is 0 Å². The van der Waals surface area contributed by atoms with Crippen LogP contribution in [0.3, 0.4) is 0 Å². The van der Waals surface area contributed by atoms with Gasteiger partial charge in [0.25, 0.3) is 0 Å². The standard InChI is InChI=1S/C44H27NS/c1-2-13-34(14-3-1)45-39-17-8-15-35(44(39)38-26-31-9-4-5-10-32(31)27-40(38)45)29-21-19-28(20-22-29)33-23-24-41-37(25-33)36-16-6-11-30-12-7-18-42(46-41)43(30)36/h1-27H. The fraction of sp³-hybridized carbons (Fsp3) is 0. The second-order valence-corrected chi connectivity index (χ2v) is 13.2. The molecule has 0 atom stereocenters. The van der Waals surface area contributed by atoms with Crippen LogP contribution in [-0.2, 0) is 0 Å². The molecule has 1 aliphatic heterocycles. The Kier molecular flexibility index (Phi) is 5.58. The van der Waals surface area contributed by atoms with E-state index < -0.39 is 0 Å². The maximum absolute atomic E-state index is 2.42. The number of rotatable bonds is 3. The Hall–Kier alpha value is -5.57. The van der Waals surface area contributed by atoms with Gasteiger partial charge in [-0.05, 0) is 98.1 Å². The number of fused-ring (bicyclic) bond motifs is 6. The Labute approximate surface area is 271 Å². The predicted molar refractivity (Wildman–Crippen MR) is 196 cm³/mol. The van der Waals surface area contributed by atoms with E-state index in [9.17, 15) is 0 Å². The highest BCUT2D eigenvalue weighted by atomic mass is 32.2. The van der Waals surface area contributed by atoms with E-state index in [1.165, 1.54) is 92.2 Å². The van der Waals surface area contributed by atoms with Gasteiger partial charge in [0.1, 0.15) is 0 Å². The molecule has 0 saturated heterocycles. The molecule has 0 aliphatic carbocycles. The first-order chi connectivity index (χ1) is 22.8. The van der Waals surface area contributed by atoms with Gasteiger partial charge < -0.3 is 4.57 Å². The number of para-hydroxylation sites is 1. The van der Waals surface area contributed by atoms with Gasteiger partial charge in [0.05, 0.1) is 11.0 Å². The summed E-state index contributed by atoms with van der Waals surface area (Å²) in [5.74, 6) is 0. The van der Waals surface area contributed by atoms with Crippen LogP contribution in [0.15, 0.2) is 174 Å². The zero-order valence-corrected chi connectivity index (χ0v) is 25.8. The Morgan fingerprint density at radius 1 is 0.370 bits per heavy atom. The third kappa shape index (κ3) is 3.84. The summed E-state index contributed by atoms with van der Waals surface area (Å²) in [5, 5.41) is 7.75. The summed E-state index contributed by atoms with van der Waals surface area (Å²) in [6.45, 7) is 0. The maximum atomic E-state index is 2.42. The predicted octanol–water partition coefficient (Wildman–Crippen LogP) is 12.6. The van der Waals surface area contributed by atoms with Crippen LogP contribution in [0.1, 0.15) is 0 Å². The first-order valence-corrected chi connectivity index (χ1v) is 16.6. The number of hydrogen-bond acceptors (Lipinski definition) is 1. The number of nitrogens with zero attached hydrogens (tertiary/aromatic N) is 1. The van der Waals surface area contributed by atoms with Crippen molar-refractivity contribution >= 4 is 55.1 Å². The van der Waals surface area contributed by atoms with E-state index in [0.29, 0.717) is 0 Å². The van der Waals surface area contributed by atoms with E-state index in [2.05, 4.69) is 168 Å². The molecule has 1 aromatic heterocycles. The lowest BCUT2D eigenvalue weighted by Gasteiger charge is -2.21. The largest absolute Gasteiger partial charge is 0.309 e. The highest BCUT2D eigenvalue weighted by Crippen LogP contribution is 2.49. The first kappa shape index (κ1) is 25.7. The Morgan fingerprint density at radius 2 is 1.04 bits per heavy atom. The van der Waals surface area contributed by atoms with E-state index in [0.717, 1.165) is 0 Å². The summed E-state index contributed by atoms with van der Waals surface area (Å²) in [6, 6.07) is 60.2. The van der Waals surface area contributed by atoms with Crippen LogP contribution in [0.25, 0.3) is 82.4 Å². The molecular formula is C44H27NS. The van der Waals surface area contributed by atoms with Gasteiger partial charge in [0.2, 0.25) is 0 Å². The summed E-state index contributed by atoms with van der Waals surface area (Å²) >= 11 is 1.88. The minimum absolute atomic E-state index is 1.18. The minimum atomic E-state index is 1.18. The molecule has 0 unspecified atom stereocenters. The average Bonchev–Trinajstić information content (AvgIpc) is 3.44. The molecule has 0 saturated carbocycles. The second-order valence-electron chi connectivity index (χ2n) is 12.1. The molecule has 46 heavy (non-hydrogen) atoms.